The zero-order valence-electron chi connectivity index (χ0n) is 13.9. The minimum atomic E-state index is -0.394. The van der Waals surface area contributed by atoms with Gasteiger partial charge in [-0.3, -0.25) is 9.36 Å². The lowest BCUT2D eigenvalue weighted by molar-refractivity contribution is 0.226. The molecule has 0 saturated heterocycles. The van der Waals surface area contributed by atoms with Gasteiger partial charge in [0.1, 0.15) is 11.7 Å². The fourth-order valence-electron chi connectivity index (χ4n) is 2.28. The number of hydrogen-bond donors (Lipinski definition) is 1. The van der Waals surface area contributed by atoms with Crippen molar-refractivity contribution in [2.24, 2.45) is 12.0 Å². The maximum Gasteiger partial charge on any atom is 0.297 e. The number of hydrogen-bond acceptors (Lipinski definition) is 6. The Hall–Kier alpha value is -3.16. The molecule has 0 saturated carbocycles. The Bertz CT molecular complexity index is 996. The summed E-state index contributed by atoms with van der Waals surface area (Å²) in [5.74, 6) is 0.227. The predicted molar refractivity (Wildman–Crippen MR) is 90.6 cm³/mol. The summed E-state index contributed by atoms with van der Waals surface area (Å²) in [6, 6.07) is 6.29. The van der Waals surface area contributed by atoms with E-state index >= 15 is 0 Å². The maximum absolute atomic E-state index is 13.0. The second kappa shape index (κ2) is 6.76. The van der Waals surface area contributed by atoms with E-state index in [-0.39, 0.29) is 28.4 Å². The molecule has 0 spiro atoms. The second-order valence-electron chi connectivity index (χ2n) is 5.38. The van der Waals surface area contributed by atoms with Gasteiger partial charge >= 0.3 is 0 Å². The highest BCUT2D eigenvalue weighted by Gasteiger charge is 2.17. The van der Waals surface area contributed by atoms with Crippen molar-refractivity contribution >= 4 is 18.3 Å². The zero-order valence-corrected chi connectivity index (χ0v) is 13.9. The third-order valence-corrected chi connectivity index (χ3v) is 3.64. The van der Waals surface area contributed by atoms with Crippen LogP contribution in [0.1, 0.15) is 12.5 Å². The van der Waals surface area contributed by atoms with E-state index in [4.69, 9.17) is 9.57 Å². The average Bonchev–Trinajstić information content (AvgIpc) is 3.06. The summed E-state index contributed by atoms with van der Waals surface area (Å²) in [5, 5.41) is 0.236. The second-order valence-corrected chi connectivity index (χ2v) is 5.38. The Morgan fingerprint density at radius 1 is 1.36 bits per heavy atom. The molecular weight excluding hydrogens is 327 g/mol. The van der Waals surface area contributed by atoms with E-state index in [9.17, 15) is 9.18 Å². The quantitative estimate of drug-likeness (QED) is 0.843. The fraction of sp³-hybridized carbons (Fsp3) is 0.235. The molecule has 7 nitrogen and oxygen atoms in total. The highest BCUT2D eigenvalue weighted by atomic mass is 19.1. The highest BCUT2D eigenvalue weighted by Crippen LogP contribution is 2.09. The number of nitrogens with zero attached hydrogens (tertiary/aromatic N) is 3. The topological polar surface area (TPSA) is 77.7 Å². The van der Waals surface area contributed by atoms with Crippen molar-refractivity contribution in [2.75, 3.05) is 6.61 Å². The number of aliphatic imine (C=N–C) groups is 1. The minimum absolute atomic E-state index is 0.0214. The van der Waals surface area contributed by atoms with Gasteiger partial charge in [-0.15, -0.1) is 0 Å². The number of benzene rings is 1. The first-order valence-corrected chi connectivity index (χ1v) is 7.67. The van der Waals surface area contributed by atoms with Crippen molar-refractivity contribution in [3.05, 3.63) is 56.6 Å². The molecule has 0 aliphatic carbocycles. The van der Waals surface area contributed by atoms with Crippen LogP contribution in [0.3, 0.4) is 0 Å². The van der Waals surface area contributed by atoms with E-state index in [0.717, 1.165) is 5.56 Å². The van der Waals surface area contributed by atoms with Crippen molar-refractivity contribution in [3.8, 4) is 6.01 Å². The number of rotatable bonds is 4. The van der Waals surface area contributed by atoms with Gasteiger partial charge in [-0.2, -0.15) is 9.98 Å². The van der Waals surface area contributed by atoms with Gasteiger partial charge in [0, 0.05) is 13.5 Å². The summed E-state index contributed by atoms with van der Waals surface area (Å²) in [6.07, 6.45) is 0.397. The Kier molecular flexibility index (Phi) is 4.51. The first kappa shape index (κ1) is 16.7. The summed E-state index contributed by atoms with van der Waals surface area (Å²) in [5.41, 5.74) is 3.11. The Labute approximate surface area is 142 Å². The molecule has 130 valence electrons. The third-order valence-electron chi connectivity index (χ3n) is 3.64. The normalized spacial score (nSPS) is 15.4. The predicted octanol–water partition coefficient (Wildman–Crippen LogP) is -0.0299. The van der Waals surface area contributed by atoms with Crippen molar-refractivity contribution in [1.82, 2.24) is 15.0 Å². The Morgan fingerprint density at radius 3 is 2.76 bits per heavy atom. The van der Waals surface area contributed by atoms with E-state index in [1.165, 1.54) is 16.7 Å². The van der Waals surface area contributed by atoms with E-state index in [2.05, 4.69) is 22.0 Å². The summed E-state index contributed by atoms with van der Waals surface area (Å²) >= 11 is 0. The Morgan fingerprint density at radius 2 is 2.08 bits per heavy atom. The molecule has 0 amide bonds. The summed E-state index contributed by atoms with van der Waals surface area (Å²) < 4.78 is 19.8. The van der Waals surface area contributed by atoms with Crippen molar-refractivity contribution < 1.29 is 14.0 Å². The van der Waals surface area contributed by atoms with E-state index in [1.54, 1.807) is 19.2 Å². The van der Waals surface area contributed by atoms with Gasteiger partial charge in [0.15, 0.2) is 5.35 Å². The molecule has 0 bridgehead atoms. The van der Waals surface area contributed by atoms with Gasteiger partial charge < -0.3 is 9.57 Å². The van der Waals surface area contributed by atoms with Gasteiger partial charge in [-0.25, -0.2) is 9.87 Å². The lowest BCUT2D eigenvalue weighted by Gasteiger charge is -2.07. The van der Waals surface area contributed by atoms with Crippen LogP contribution >= 0.6 is 0 Å². The first-order chi connectivity index (χ1) is 12.0. The van der Waals surface area contributed by atoms with E-state index in [1.807, 2.05) is 6.92 Å². The van der Waals surface area contributed by atoms with E-state index < -0.39 is 5.43 Å². The van der Waals surface area contributed by atoms with Crippen LogP contribution in [-0.4, -0.2) is 22.0 Å². The fourth-order valence-corrected chi connectivity index (χ4v) is 2.28. The molecule has 25 heavy (non-hydrogen) atoms. The van der Waals surface area contributed by atoms with Gasteiger partial charge in [0.05, 0.1) is 12.0 Å². The van der Waals surface area contributed by atoms with Crippen LogP contribution in [0.2, 0.25) is 0 Å². The molecule has 1 aliphatic rings. The van der Waals surface area contributed by atoms with Gasteiger partial charge in [0.2, 0.25) is 5.43 Å². The standard InChI is InChI=1S/C17H17FN4O3/c1-4-24-17-20-14(15(23)10(2)22(17)3)16-19-13(21-25-16)9-11-5-7-12(18)8-6-11/h5-8H,2,4,9H2,1,3H3,(H,19,21)/b16-14+. The summed E-state index contributed by atoms with van der Waals surface area (Å²) in [7, 11) is 1.65. The lowest BCUT2D eigenvalue weighted by atomic mass is 10.1. The van der Waals surface area contributed by atoms with Crippen LogP contribution in [0.5, 0.6) is 6.01 Å². The van der Waals surface area contributed by atoms with Crippen LogP contribution in [-0.2, 0) is 18.3 Å². The molecule has 3 rings (SSSR count). The van der Waals surface area contributed by atoms with Crippen molar-refractivity contribution in [3.63, 3.8) is 0 Å². The van der Waals surface area contributed by atoms with Crippen LogP contribution in [0.25, 0.3) is 12.5 Å². The van der Waals surface area contributed by atoms with Crippen LogP contribution < -0.4 is 26.3 Å². The average molecular weight is 344 g/mol. The molecule has 0 unspecified atom stereocenters. The van der Waals surface area contributed by atoms with Crippen molar-refractivity contribution in [2.45, 2.75) is 13.3 Å². The highest BCUT2D eigenvalue weighted by molar-refractivity contribution is 5.88. The molecule has 1 aromatic heterocycles. The minimum Gasteiger partial charge on any atom is -0.465 e. The number of nitrogens with one attached hydrogen (secondary N) is 1. The molecule has 0 atom stereocenters. The van der Waals surface area contributed by atoms with Crippen LogP contribution in [0.15, 0.2) is 34.1 Å². The molecule has 2 heterocycles. The molecule has 0 radical (unpaired) electrons. The Balaban J connectivity index is 2.01. The van der Waals surface area contributed by atoms with Crippen LogP contribution in [0.4, 0.5) is 4.39 Å². The number of aromatic nitrogens is 2. The summed E-state index contributed by atoms with van der Waals surface area (Å²) in [6.45, 7) is 5.96. The third kappa shape index (κ3) is 3.37. The SMILES string of the molecule is C=c1c(=O)/c(=C2/N=C(Cc3ccc(F)cc3)NO2)nc(OCC)n1C. The molecule has 8 heteroatoms. The molecule has 1 N–H and O–H groups in total. The molecule has 0 fully saturated rings. The number of halogens is 1. The summed E-state index contributed by atoms with van der Waals surface area (Å²) in [4.78, 5) is 26.1. The number of hydroxylamine groups is 1. The molecule has 1 aliphatic heterocycles. The lowest BCUT2D eigenvalue weighted by Crippen LogP contribution is -2.46. The largest absolute Gasteiger partial charge is 0.465 e. The van der Waals surface area contributed by atoms with Crippen LogP contribution in [0, 0.1) is 5.82 Å². The first-order valence-electron chi connectivity index (χ1n) is 7.67. The zero-order chi connectivity index (χ0) is 18.0. The maximum atomic E-state index is 13.0. The number of ether oxygens (including phenoxy) is 1. The van der Waals surface area contributed by atoms with E-state index in [0.29, 0.717) is 18.9 Å². The molecule has 1 aromatic carbocycles. The number of amidine groups is 1. The van der Waals surface area contributed by atoms with Crippen molar-refractivity contribution in [1.29, 1.82) is 0 Å². The van der Waals surface area contributed by atoms with Gasteiger partial charge in [0.25, 0.3) is 11.9 Å². The van der Waals surface area contributed by atoms with Gasteiger partial charge in [-0.05, 0) is 24.6 Å². The molecule has 2 aromatic rings. The monoisotopic (exact) mass is 344 g/mol. The smallest absolute Gasteiger partial charge is 0.297 e. The van der Waals surface area contributed by atoms with Gasteiger partial charge in [-0.1, -0.05) is 18.7 Å². The molecular formula is C17H17FN4O3.